The lowest BCUT2D eigenvalue weighted by Gasteiger charge is -2.25. The summed E-state index contributed by atoms with van der Waals surface area (Å²) in [6.07, 6.45) is 0.169. The van der Waals surface area contributed by atoms with Gasteiger partial charge in [-0.15, -0.1) is 0 Å². The van der Waals surface area contributed by atoms with Gasteiger partial charge in [-0.3, -0.25) is 14.4 Å². The third-order valence-electron chi connectivity index (χ3n) is 4.95. The smallest absolute Gasteiger partial charge is 0.308 e. The van der Waals surface area contributed by atoms with Crippen LogP contribution in [0.4, 0.5) is 0 Å². The Bertz CT molecular complexity index is 862. The standard InChI is InChI=1S/C22H28N2O4/c1-13(2)20(21(26)23-15(4)14(3)22(27)28)24-19(25)12-16-9-10-17-7-5-6-8-18(17)11-16/h5-11,13-15,20H,12H2,1-4H3,(H,23,26)(H,24,25)(H,27,28). The lowest BCUT2D eigenvalue weighted by atomic mass is 9.99. The molecule has 0 saturated heterocycles. The Morgan fingerprint density at radius 1 is 0.929 bits per heavy atom. The number of amides is 2. The SMILES string of the molecule is CC(C)C(NC(=O)Cc1ccc2ccccc2c1)C(=O)NC(C)C(C)C(=O)O. The Morgan fingerprint density at radius 2 is 1.57 bits per heavy atom. The first-order valence-electron chi connectivity index (χ1n) is 9.49. The summed E-state index contributed by atoms with van der Waals surface area (Å²) >= 11 is 0. The molecule has 6 nitrogen and oxygen atoms in total. The molecule has 3 unspecified atom stereocenters. The Kier molecular flexibility index (Phi) is 7.15. The maximum absolute atomic E-state index is 12.6. The molecule has 2 aromatic carbocycles. The predicted molar refractivity (Wildman–Crippen MR) is 109 cm³/mol. The molecular formula is C22H28N2O4. The summed E-state index contributed by atoms with van der Waals surface area (Å²) in [5, 5.41) is 16.7. The molecule has 3 N–H and O–H groups in total. The van der Waals surface area contributed by atoms with E-state index in [9.17, 15) is 14.4 Å². The van der Waals surface area contributed by atoms with Gasteiger partial charge in [-0.25, -0.2) is 0 Å². The molecule has 0 heterocycles. The number of rotatable bonds is 8. The van der Waals surface area contributed by atoms with Crippen molar-refractivity contribution in [3.63, 3.8) is 0 Å². The molecule has 2 aromatic rings. The summed E-state index contributed by atoms with van der Waals surface area (Å²) < 4.78 is 0. The van der Waals surface area contributed by atoms with Gasteiger partial charge in [0.25, 0.3) is 0 Å². The molecule has 0 saturated carbocycles. The van der Waals surface area contributed by atoms with Crippen LogP contribution in [0.25, 0.3) is 10.8 Å². The van der Waals surface area contributed by atoms with Crippen LogP contribution in [0.5, 0.6) is 0 Å². The Labute approximate surface area is 165 Å². The van der Waals surface area contributed by atoms with Crippen LogP contribution in [0.2, 0.25) is 0 Å². The molecule has 6 heteroatoms. The zero-order chi connectivity index (χ0) is 20.8. The number of carbonyl (C=O) groups excluding carboxylic acids is 2. The molecule has 0 spiro atoms. The maximum Gasteiger partial charge on any atom is 0.308 e. The van der Waals surface area contributed by atoms with E-state index in [4.69, 9.17) is 5.11 Å². The number of carbonyl (C=O) groups is 3. The first kappa shape index (κ1) is 21.4. The van der Waals surface area contributed by atoms with Crippen molar-refractivity contribution in [3.8, 4) is 0 Å². The number of nitrogens with one attached hydrogen (secondary N) is 2. The second-order valence-electron chi connectivity index (χ2n) is 7.57. The van der Waals surface area contributed by atoms with Gasteiger partial charge >= 0.3 is 5.97 Å². The number of carboxylic acids is 1. The van der Waals surface area contributed by atoms with Gasteiger partial charge in [-0.2, -0.15) is 0 Å². The van der Waals surface area contributed by atoms with Crippen LogP contribution in [-0.4, -0.2) is 35.0 Å². The molecule has 3 atom stereocenters. The van der Waals surface area contributed by atoms with E-state index in [0.29, 0.717) is 0 Å². The Morgan fingerprint density at radius 3 is 2.18 bits per heavy atom. The lowest BCUT2D eigenvalue weighted by Crippen LogP contribution is -2.53. The molecule has 2 amide bonds. The van der Waals surface area contributed by atoms with Gasteiger partial charge in [0.1, 0.15) is 6.04 Å². The minimum atomic E-state index is -0.978. The average molecular weight is 384 g/mol. The minimum absolute atomic E-state index is 0.132. The van der Waals surface area contributed by atoms with Crippen molar-refractivity contribution in [3.05, 3.63) is 48.0 Å². The highest BCUT2D eigenvalue weighted by atomic mass is 16.4. The first-order chi connectivity index (χ1) is 13.2. The second kappa shape index (κ2) is 9.35. The van der Waals surface area contributed by atoms with Crippen molar-refractivity contribution in [1.82, 2.24) is 10.6 Å². The van der Waals surface area contributed by atoms with Gasteiger partial charge in [0, 0.05) is 6.04 Å². The summed E-state index contributed by atoms with van der Waals surface area (Å²) in [5.41, 5.74) is 0.868. The van der Waals surface area contributed by atoms with Crippen molar-refractivity contribution in [2.24, 2.45) is 11.8 Å². The molecule has 0 radical (unpaired) electrons. The van der Waals surface area contributed by atoms with E-state index in [2.05, 4.69) is 10.6 Å². The van der Waals surface area contributed by atoms with E-state index in [1.165, 1.54) is 6.92 Å². The normalized spacial score (nSPS) is 14.3. The number of hydrogen-bond acceptors (Lipinski definition) is 3. The Hall–Kier alpha value is -2.89. The summed E-state index contributed by atoms with van der Waals surface area (Å²) in [7, 11) is 0. The number of benzene rings is 2. The molecule has 0 bridgehead atoms. The van der Waals surface area contributed by atoms with Crippen molar-refractivity contribution >= 4 is 28.6 Å². The number of hydrogen-bond donors (Lipinski definition) is 3. The van der Waals surface area contributed by atoms with Crippen LogP contribution in [0.15, 0.2) is 42.5 Å². The third kappa shape index (κ3) is 5.55. The van der Waals surface area contributed by atoms with Crippen LogP contribution in [0.3, 0.4) is 0 Å². The number of fused-ring (bicyclic) bond motifs is 1. The number of aliphatic carboxylic acids is 1. The molecule has 0 aliphatic heterocycles. The monoisotopic (exact) mass is 384 g/mol. The predicted octanol–water partition coefficient (Wildman–Crippen LogP) is 2.75. The Balaban J connectivity index is 2.02. The average Bonchev–Trinajstić information content (AvgIpc) is 2.64. The first-order valence-corrected chi connectivity index (χ1v) is 9.49. The summed E-state index contributed by atoms with van der Waals surface area (Å²) in [5.74, 6) is -2.45. The van der Waals surface area contributed by atoms with E-state index in [1.807, 2.05) is 56.3 Å². The zero-order valence-electron chi connectivity index (χ0n) is 16.7. The van der Waals surface area contributed by atoms with Crippen molar-refractivity contribution in [1.29, 1.82) is 0 Å². The zero-order valence-corrected chi connectivity index (χ0v) is 16.7. The highest BCUT2D eigenvalue weighted by molar-refractivity contribution is 5.90. The highest BCUT2D eigenvalue weighted by Gasteiger charge is 2.28. The van der Waals surface area contributed by atoms with Crippen LogP contribution in [0.1, 0.15) is 33.3 Å². The second-order valence-corrected chi connectivity index (χ2v) is 7.57. The molecule has 0 aliphatic rings. The van der Waals surface area contributed by atoms with Gasteiger partial charge in [0.2, 0.25) is 11.8 Å². The third-order valence-corrected chi connectivity index (χ3v) is 4.95. The van der Waals surface area contributed by atoms with Crippen LogP contribution in [-0.2, 0) is 20.8 Å². The summed E-state index contributed by atoms with van der Waals surface area (Å²) in [6.45, 7) is 6.86. The molecule has 28 heavy (non-hydrogen) atoms. The van der Waals surface area contributed by atoms with Crippen molar-refractivity contribution in [2.75, 3.05) is 0 Å². The van der Waals surface area contributed by atoms with E-state index < -0.39 is 24.0 Å². The fourth-order valence-electron chi connectivity index (χ4n) is 2.95. The van der Waals surface area contributed by atoms with Crippen LogP contribution in [0, 0.1) is 11.8 Å². The highest BCUT2D eigenvalue weighted by Crippen LogP contribution is 2.16. The number of carboxylic acid groups (broad SMARTS) is 1. The topological polar surface area (TPSA) is 95.5 Å². The van der Waals surface area contributed by atoms with Crippen molar-refractivity contribution < 1.29 is 19.5 Å². The fraction of sp³-hybridized carbons (Fsp3) is 0.409. The fourth-order valence-corrected chi connectivity index (χ4v) is 2.95. The van der Waals surface area contributed by atoms with Gasteiger partial charge in [-0.05, 0) is 36.1 Å². The van der Waals surface area contributed by atoms with E-state index in [0.717, 1.165) is 16.3 Å². The largest absolute Gasteiger partial charge is 0.481 e. The molecule has 150 valence electrons. The van der Waals surface area contributed by atoms with Crippen molar-refractivity contribution in [2.45, 2.75) is 46.2 Å². The van der Waals surface area contributed by atoms with E-state index in [1.54, 1.807) is 6.92 Å². The summed E-state index contributed by atoms with van der Waals surface area (Å²) in [4.78, 5) is 36.2. The molecular weight excluding hydrogens is 356 g/mol. The van der Waals surface area contributed by atoms with Gasteiger partial charge in [0.15, 0.2) is 0 Å². The lowest BCUT2D eigenvalue weighted by molar-refractivity contribution is -0.142. The van der Waals surface area contributed by atoms with Gasteiger partial charge in [0.05, 0.1) is 12.3 Å². The quantitative estimate of drug-likeness (QED) is 0.652. The minimum Gasteiger partial charge on any atom is -0.481 e. The molecule has 0 aromatic heterocycles. The molecule has 0 fully saturated rings. The van der Waals surface area contributed by atoms with E-state index in [-0.39, 0.29) is 24.2 Å². The van der Waals surface area contributed by atoms with Crippen LogP contribution < -0.4 is 10.6 Å². The molecule has 0 aliphatic carbocycles. The van der Waals surface area contributed by atoms with E-state index >= 15 is 0 Å². The van der Waals surface area contributed by atoms with Crippen LogP contribution >= 0.6 is 0 Å². The van der Waals surface area contributed by atoms with Gasteiger partial charge in [-0.1, -0.05) is 56.3 Å². The summed E-state index contributed by atoms with van der Waals surface area (Å²) in [6, 6.07) is 12.5. The molecule has 2 rings (SSSR count). The maximum atomic E-state index is 12.6. The van der Waals surface area contributed by atoms with Gasteiger partial charge < -0.3 is 15.7 Å².